The van der Waals surface area contributed by atoms with Crippen molar-refractivity contribution in [1.82, 2.24) is 10.3 Å². The monoisotopic (exact) mass is 408 g/mol. The first-order chi connectivity index (χ1) is 14.2. The summed E-state index contributed by atoms with van der Waals surface area (Å²) >= 11 is 6.06. The molecule has 148 valence electrons. The van der Waals surface area contributed by atoms with E-state index in [4.69, 9.17) is 16.3 Å². The zero-order valence-corrected chi connectivity index (χ0v) is 16.7. The SMILES string of the molecule is Fc1ccc(COc2cccc(CNCCc3c[nH]c4ccccc34)c2)c(Cl)c1. The van der Waals surface area contributed by atoms with Gasteiger partial charge in [-0.25, -0.2) is 4.39 Å². The molecular weight excluding hydrogens is 387 g/mol. The van der Waals surface area contributed by atoms with Crippen LogP contribution in [0.5, 0.6) is 5.75 Å². The average molecular weight is 409 g/mol. The minimum absolute atomic E-state index is 0.302. The van der Waals surface area contributed by atoms with Gasteiger partial charge < -0.3 is 15.0 Å². The number of ether oxygens (including phenoxy) is 1. The highest BCUT2D eigenvalue weighted by Gasteiger charge is 2.05. The second-order valence-corrected chi connectivity index (χ2v) is 7.37. The molecule has 4 aromatic rings. The van der Waals surface area contributed by atoms with Gasteiger partial charge in [0, 0.05) is 29.2 Å². The number of aromatic nitrogens is 1. The first kappa shape index (κ1) is 19.5. The standard InChI is InChI=1S/C24H22ClFN2O/c25-23-13-20(26)9-8-19(23)16-29-21-5-3-4-17(12-21)14-27-11-10-18-15-28-24-7-2-1-6-22(18)24/h1-9,12-13,15,27-28H,10-11,14,16H2. The molecule has 2 N–H and O–H groups in total. The summed E-state index contributed by atoms with van der Waals surface area (Å²) in [6.45, 7) is 1.95. The number of aromatic amines is 1. The molecule has 0 aliphatic heterocycles. The maximum Gasteiger partial charge on any atom is 0.124 e. The molecule has 0 atom stereocenters. The molecule has 0 radical (unpaired) electrons. The Kier molecular flexibility index (Phi) is 6.13. The molecule has 1 heterocycles. The third kappa shape index (κ3) is 4.97. The van der Waals surface area contributed by atoms with Gasteiger partial charge in [0.25, 0.3) is 0 Å². The third-order valence-corrected chi connectivity index (χ3v) is 5.23. The van der Waals surface area contributed by atoms with Crippen molar-refractivity contribution in [3.05, 3.63) is 100 Å². The number of fused-ring (bicyclic) bond motifs is 1. The maximum atomic E-state index is 13.1. The summed E-state index contributed by atoms with van der Waals surface area (Å²) in [4.78, 5) is 3.31. The Balaban J connectivity index is 1.28. The highest BCUT2D eigenvalue weighted by Crippen LogP contribution is 2.21. The molecule has 3 nitrogen and oxygen atoms in total. The predicted octanol–water partition coefficient (Wildman–Crippen LogP) is 5.87. The van der Waals surface area contributed by atoms with E-state index < -0.39 is 0 Å². The molecule has 29 heavy (non-hydrogen) atoms. The van der Waals surface area contributed by atoms with Gasteiger partial charge in [-0.2, -0.15) is 0 Å². The molecule has 0 bridgehead atoms. The molecule has 4 rings (SSSR count). The number of H-pyrrole nitrogens is 1. The highest BCUT2D eigenvalue weighted by molar-refractivity contribution is 6.31. The normalized spacial score (nSPS) is 11.1. The lowest BCUT2D eigenvalue weighted by Gasteiger charge is -2.10. The first-order valence-electron chi connectivity index (χ1n) is 9.60. The Labute approximate surface area is 174 Å². The van der Waals surface area contributed by atoms with Crippen molar-refractivity contribution in [3.8, 4) is 5.75 Å². The van der Waals surface area contributed by atoms with Gasteiger partial charge >= 0.3 is 0 Å². The molecule has 0 spiro atoms. The van der Waals surface area contributed by atoms with Crippen LogP contribution in [0.15, 0.2) is 72.9 Å². The minimum atomic E-state index is -0.348. The van der Waals surface area contributed by atoms with Gasteiger partial charge in [-0.15, -0.1) is 0 Å². The van der Waals surface area contributed by atoms with Crippen LogP contribution < -0.4 is 10.1 Å². The summed E-state index contributed by atoms with van der Waals surface area (Å²) in [5, 5.41) is 5.15. The Bertz CT molecular complexity index is 1110. The topological polar surface area (TPSA) is 37.0 Å². The Morgan fingerprint density at radius 2 is 1.86 bits per heavy atom. The fraction of sp³-hybridized carbons (Fsp3) is 0.167. The zero-order chi connectivity index (χ0) is 20.1. The van der Waals surface area contributed by atoms with Crippen molar-refractivity contribution in [2.75, 3.05) is 6.54 Å². The molecule has 0 unspecified atom stereocenters. The van der Waals surface area contributed by atoms with Gasteiger partial charge in [-0.3, -0.25) is 0 Å². The van der Waals surface area contributed by atoms with E-state index in [9.17, 15) is 4.39 Å². The van der Waals surface area contributed by atoms with Crippen LogP contribution in [0.1, 0.15) is 16.7 Å². The number of benzene rings is 3. The fourth-order valence-corrected chi connectivity index (χ4v) is 3.56. The summed E-state index contributed by atoms with van der Waals surface area (Å²) in [5.41, 5.74) is 4.40. The Morgan fingerprint density at radius 3 is 2.76 bits per heavy atom. The van der Waals surface area contributed by atoms with E-state index in [2.05, 4.69) is 40.8 Å². The van der Waals surface area contributed by atoms with Crippen LogP contribution >= 0.6 is 11.6 Å². The van der Waals surface area contributed by atoms with Crippen LogP contribution in [0.2, 0.25) is 5.02 Å². The van der Waals surface area contributed by atoms with E-state index in [1.54, 1.807) is 6.07 Å². The summed E-state index contributed by atoms with van der Waals surface area (Å²) in [5.74, 6) is 0.417. The lowest BCUT2D eigenvalue weighted by atomic mass is 10.1. The minimum Gasteiger partial charge on any atom is -0.489 e. The van der Waals surface area contributed by atoms with Crippen molar-refractivity contribution < 1.29 is 9.13 Å². The van der Waals surface area contributed by atoms with Gasteiger partial charge in [0.05, 0.1) is 5.02 Å². The predicted molar refractivity (Wildman–Crippen MR) is 116 cm³/mol. The Hall–Kier alpha value is -2.82. The van der Waals surface area contributed by atoms with Crippen LogP contribution in [-0.4, -0.2) is 11.5 Å². The van der Waals surface area contributed by atoms with Crippen molar-refractivity contribution in [3.63, 3.8) is 0 Å². The molecule has 0 aliphatic rings. The molecule has 3 aromatic carbocycles. The summed E-state index contributed by atoms with van der Waals surface area (Å²) < 4.78 is 19.0. The molecule has 0 amide bonds. The van der Waals surface area contributed by atoms with E-state index in [0.29, 0.717) is 11.6 Å². The number of para-hydroxylation sites is 1. The molecule has 5 heteroatoms. The maximum absolute atomic E-state index is 13.1. The number of hydrogen-bond donors (Lipinski definition) is 2. The quantitative estimate of drug-likeness (QED) is 0.358. The largest absolute Gasteiger partial charge is 0.489 e. The molecule has 0 saturated heterocycles. The van der Waals surface area contributed by atoms with Crippen LogP contribution in [0.3, 0.4) is 0 Å². The number of halogens is 2. The molecule has 0 fully saturated rings. The van der Waals surface area contributed by atoms with Gasteiger partial charge in [0.15, 0.2) is 0 Å². The van der Waals surface area contributed by atoms with Crippen LogP contribution in [0, 0.1) is 5.82 Å². The average Bonchev–Trinajstić information content (AvgIpc) is 3.14. The summed E-state index contributed by atoms with van der Waals surface area (Å²) in [7, 11) is 0. The van der Waals surface area contributed by atoms with Crippen LogP contribution in [0.25, 0.3) is 10.9 Å². The van der Waals surface area contributed by atoms with Gasteiger partial charge in [-0.05, 0) is 54.4 Å². The molecule has 0 aliphatic carbocycles. The van der Waals surface area contributed by atoms with E-state index in [0.717, 1.165) is 36.4 Å². The number of nitrogens with one attached hydrogen (secondary N) is 2. The van der Waals surface area contributed by atoms with E-state index in [-0.39, 0.29) is 5.82 Å². The zero-order valence-electron chi connectivity index (χ0n) is 15.9. The van der Waals surface area contributed by atoms with Crippen molar-refractivity contribution >= 4 is 22.5 Å². The summed E-state index contributed by atoms with van der Waals surface area (Å²) in [6, 6.07) is 20.6. The summed E-state index contributed by atoms with van der Waals surface area (Å²) in [6.07, 6.45) is 3.05. The van der Waals surface area contributed by atoms with E-state index >= 15 is 0 Å². The van der Waals surface area contributed by atoms with Crippen molar-refractivity contribution in [2.24, 2.45) is 0 Å². The van der Waals surface area contributed by atoms with Gasteiger partial charge in [-0.1, -0.05) is 48.0 Å². The number of rotatable bonds is 8. The van der Waals surface area contributed by atoms with Crippen molar-refractivity contribution in [2.45, 2.75) is 19.6 Å². The van der Waals surface area contributed by atoms with Crippen LogP contribution in [0.4, 0.5) is 4.39 Å². The lowest BCUT2D eigenvalue weighted by Crippen LogP contribution is -2.16. The highest BCUT2D eigenvalue weighted by atomic mass is 35.5. The van der Waals surface area contributed by atoms with Gasteiger partial charge in [0.2, 0.25) is 0 Å². The smallest absolute Gasteiger partial charge is 0.124 e. The fourth-order valence-electron chi connectivity index (χ4n) is 3.34. The second kappa shape index (κ2) is 9.12. The lowest BCUT2D eigenvalue weighted by molar-refractivity contribution is 0.306. The first-order valence-corrected chi connectivity index (χ1v) is 9.98. The molecule has 0 saturated carbocycles. The molecule has 1 aromatic heterocycles. The van der Waals surface area contributed by atoms with E-state index in [1.165, 1.54) is 28.6 Å². The second-order valence-electron chi connectivity index (χ2n) is 6.96. The van der Waals surface area contributed by atoms with Crippen LogP contribution in [-0.2, 0) is 19.6 Å². The molecular formula is C24H22ClFN2O. The van der Waals surface area contributed by atoms with Gasteiger partial charge in [0.1, 0.15) is 18.2 Å². The number of hydrogen-bond acceptors (Lipinski definition) is 2. The van der Waals surface area contributed by atoms with E-state index in [1.807, 2.05) is 24.3 Å². The van der Waals surface area contributed by atoms with Crippen molar-refractivity contribution in [1.29, 1.82) is 0 Å². The Morgan fingerprint density at radius 1 is 0.966 bits per heavy atom. The third-order valence-electron chi connectivity index (χ3n) is 4.88.